The number of rotatable bonds is 5. The molecule has 1 fully saturated rings. The van der Waals surface area contributed by atoms with E-state index in [0.717, 1.165) is 31.8 Å². The molecule has 1 aliphatic rings. The van der Waals surface area contributed by atoms with Crippen LogP contribution in [0.5, 0.6) is 0 Å². The van der Waals surface area contributed by atoms with Gasteiger partial charge in [0.25, 0.3) is 0 Å². The SMILES string of the molecule is CCc1noc(C(C)N2CCC(n3ccc(NC(C)=O)n3)C2)n1. The van der Waals surface area contributed by atoms with Crippen molar-refractivity contribution in [1.29, 1.82) is 0 Å². The van der Waals surface area contributed by atoms with Crippen LogP contribution in [0.1, 0.15) is 51.0 Å². The Balaban J connectivity index is 1.63. The van der Waals surface area contributed by atoms with Crippen LogP contribution in [0.25, 0.3) is 0 Å². The van der Waals surface area contributed by atoms with E-state index in [1.165, 1.54) is 6.92 Å². The smallest absolute Gasteiger partial charge is 0.243 e. The molecule has 1 N–H and O–H groups in total. The predicted molar refractivity (Wildman–Crippen MR) is 83.8 cm³/mol. The van der Waals surface area contributed by atoms with Gasteiger partial charge in [-0.1, -0.05) is 12.1 Å². The van der Waals surface area contributed by atoms with Crippen LogP contribution in [0.4, 0.5) is 5.82 Å². The topological polar surface area (TPSA) is 89.1 Å². The molecule has 3 rings (SSSR count). The van der Waals surface area contributed by atoms with Gasteiger partial charge < -0.3 is 9.84 Å². The number of carbonyl (C=O) groups is 1. The molecule has 23 heavy (non-hydrogen) atoms. The van der Waals surface area contributed by atoms with Crippen LogP contribution < -0.4 is 5.32 Å². The minimum absolute atomic E-state index is 0.0955. The van der Waals surface area contributed by atoms with Crippen molar-refractivity contribution >= 4 is 11.7 Å². The lowest BCUT2D eigenvalue weighted by Crippen LogP contribution is -2.25. The number of amides is 1. The molecule has 0 saturated carbocycles. The van der Waals surface area contributed by atoms with Crippen LogP contribution in [0, 0.1) is 0 Å². The van der Waals surface area contributed by atoms with E-state index in [4.69, 9.17) is 4.52 Å². The Morgan fingerprint density at radius 2 is 2.39 bits per heavy atom. The molecule has 0 bridgehead atoms. The maximum atomic E-state index is 11.1. The summed E-state index contributed by atoms with van der Waals surface area (Å²) in [7, 11) is 0. The second-order valence-electron chi connectivity index (χ2n) is 5.88. The monoisotopic (exact) mass is 318 g/mol. The summed E-state index contributed by atoms with van der Waals surface area (Å²) in [5, 5.41) is 11.1. The van der Waals surface area contributed by atoms with Gasteiger partial charge in [-0.15, -0.1) is 0 Å². The first-order chi connectivity index (χ1) is 11.1. The first-order valence-corrected chi connectivity index (χ1v) is 7.96. The van der Waals surface area contributed by atoms with Crippen LogP contribution in [0.3, 0.4) is 0 Å². The molecule has 3 heterocycles. The van der Waals surface area contributed by atoms with Crippen LogP contribution in [-0.2, 0) is 11.2 Å². The fourth-order valence-electron chi connectivity index (χ4n) is 2.86. The van der Waals surface area contributed by atoms with E-state index in [9.17, 15) is 4.79 Å². The zero-order chi connectivity index (χ0) is 16.4. The highest BCUT2D eigenvalue weighted by Gasteiger charge is 2.30. The average molecular weight is 318 g/mol. The first-order valence-electron chi connectivity index (χ1n) is 7.96. The second-order valence-corrected chi connectivity index (χ2v) is 5.88. The Hall–Kier alpha value is -2.22. The summed E-state index contributed by atoms with van der Waals surface area (Å²) in [6.45, 7) is 7.39. The minimum Gasteiger partial charge on any atom is -0.338 e. The lowest BCUT2D eigenvalue weighted by atomic mass is 10.3. The maximum Gasteiger partial charge on any atom is 0.243 e. The van der Waals surface area contributed by atoms with Crippen LogP contribution in [0.15, 0.2) is 16.8 Å². The number of hydrogen-bond acceptors (Lipinski definition) is 6. The molecule has 8 nitrogen and oxygen atoms in total. The van der Waals surface area contributed by atoms with Crippen molar-refractivity contribution in [2.45, 2.75) is 45.7 Å². The van der Waals surface area contributed by atoms with Gasteiger partial charge in [-0.3, -0.25) is 14.4 Å². The third-order valence-electron chi connectivity index (χ3n) is 4.19. The number of carbonyl (C=O) groups excluding carboxylic acids is 1. The van der Waals surface area contributed by atoms with Crippen LogP contribution in [0.2, 0.25) is 0 Å². The van der Waals surface area contributed by atoms with Gasteiger partial charge in [0.15, 0.2) is 11.6 Å². The fourth-order valence-corrected chi connectivity index (χ4v) is 2.86. The lowest BCUT2D eigenvalue weighted by Gasteiger charge is -2.20. The van der Waals surface area contributed by atoms with Crippen molar-refractivity contribution < 1.29 is 9.32 Å². The molecule has 1 aliphatic heterocycles. The second kappa shape index (κ2) is 6.49. The van der Waals surface area contributed by atoms with Crippen LogP contribution in [-0.4, -0.2) is 43.8 Å². The largest absolute Gasteiger partial charge is 0.338 e. The number of likely N-dealkylation sites (tertiary alicyclic amines) is 1. The molecule has 0 aliphatic carbocycles. The van der Waals surface area contributed by atoms with Gasteiger partial charge >= 0.3 is 0 Å². The normalized spacial score (nSPS) is 19.9. The Bertz CT molecular complexity index is 679. The van der Waals surface area contributed by atoms with E-state index in [1.54, 1.807) is 0 Å². The first kappa shape index (κ1) is 15.7. The van der Waals surface area contributed by atoms with Crippen molar-refractivity contribution in [2.24, 2.45) is 0 Å². The highest BCUT2D eigenvalue weighted by molar-refractivity contribution is 5.87. The Kier molecular flexibility index (Phi) is 4.42. The minimum atomic E-state index is -0.111. The third kappa shape index (κ3) is 3.42. The quantitative estimate of drug-likeness (QED) is 0.904. The summed E-state index contributed by atoms with van der Waals surface area (Å²) in [4.78, 5) is 17.8. The highest BCUT2D eigenvalue weighted by Crippen LogP contribution is 2.29. The van der Waals surface area contributed by atoms with E-state index < -0.39 is 0 Å². The molecule has 8 heteroatoms. The summed E-state index contributed by atoms with van der Waals surface area (Å²) < 4.78 is 7.27. The molecule has 2 atom stereocenters. The van der Waals surface area contributed by atoms with E-state index in [1.807, 2.05) is 23.9 Å². The zero-order valence-electron chi connectivity index (χ0n) is 13.7. The van der Waals surface area contributed by atoms with Gasteiger partial charge in [-0.2, -0.15) is 10.1 Å². The molecule has 0 aromatic carbocycles. The highest BCUT2D eigenvalue weighted by atomic mass is 16.5. The molecule has 2 unspecified atom stereocenters. The lowest BCUT2D eigenvalue weighted by molar-refractivity contribution is -0.114. The molecule has 0 radical (unpaired) electrons. The molecule has 2 aromatic rings. The molecular weight excluding hydrogens is 296 g/mol. The number of nitrogens with zero attached hydrogens (tertiary/aromatic N) is 5. The van der Waals surface area contributed by atoms with E-state index >= 15 is 0 Å². The Morgan fingerprint density at radius 1 is 1.57 bits per heavy atom. The summed E-state index contributed by atoms with van der Waals surface area (Å²) in [5.41, 5.74) is 0. The standard InChI is InChI=1S/C15H22N6O2/c1-4-13-17-15(23-19-13)10(2)20-7-5-12(9-20)21-8-6-14(18-21)16-11(3)22/h6,8,10,12H,4-5,7,9H2,1-3H3,(H,16,18,22). The summed E-state index contributed by atoms with van der Waals surface area (Å²) in [5.74, 6) is 1.89. The van der Waals surface area contributed by atoms with E-state index in [-0.39, 0.29) is 18.0 Å². The summed E-state index contributed by atoms with van der Waals surface area (Å²) in [6.07, 6.45) is 3.68. The summed E-state index contributed by atoms with van der Waals surface area (Å²) >= 11 is 0. The number of aromatic nitrogens is 4. The summed E-state index contributed by atoms with van der Waals surface area (Å²) in [6, 6.07) is 2.20. The molecule has 2 aromatic heterocycles. The van der Waals surface area contributed by atoms with Crippen molar-refractivity contribution in [2.75, 3.05) is 18.4 Å². The Morgan fingerprint density at radius 3 is 3.09 bits per heavy atom. The van der Waals surface area contributed by atoms with Gasteiger partial charge in [-0.05, 0) is 13.3 Å². The van der Waals surface area contributed by atoms with Crippen molar-refractivity contribution in [3.63, 3.8) is 0 Å². The molecular formula is C15H22N6O2. The van der Waals surface area contributed by atoms with Crippen molar-refractivity contribution in [1.82, 2.24) is 24.8 Å². The van der Waals surface area contributed by atoms with Crippen LogP contribution >= 0.6 is 0 Å². The third-order valence-corrected chi connectivity index (χ3v) is 4.19. The molecule has 1 amide bonds. The van der Waals surface area contributed by atoms with Gasteiger partial charge in [0.1, 0.15) is 0 Å². The molecule has 1 saturated heterocycles. The van der Waals surface area contributed by atoms with Crippen molar-refractivity contribution in [3.8, 4) is 0 Å². The number of nitrogens with one attached hydrogen (secondary N) is 1. The van der Waals surface area contributed by atoms with Crippen molar-refractivity contribution in [3.05, 3.63) is 24.0 Å². The molecule has 0 spiro atoms. The molecule has 124 valence electrons. The van der Waals surface area contributed by atoms with E-state index in [0.29, 0.717) is 11.7 Å². The van der Waals surface area contributed by atoms with Gasteiger partial charge in [-0.25, -0.2) is 0 Å². The predicted octanol–water partition coefficient (Wildman–Crippen LogP) is 1.79. The van der Waals surface area contributed by atoms with Gasteiger partial charge in [0, 0.05) is 38.7 Å². The van der Waals surface area contributed by atoms with Gasteiger partial charge in [0.05, 0.1) is 12.1 Å². The van der Waals surface area contributed by atoms with Gasteiger partial charge in [0.2, 0.25) is 11.8 Å². The van der Waals surface area contributed by atoms with E-state index in [2.05, 4.69) is 32.4 Å². The zero-order valence-corrected chi connectivity index (χ0v) is 13.7. The number of anilines is 1. The fraction of sp³-hybridized carbons (Fsp3) is 0.600. The Labute approximate surface area is 134 Å². The maximum absolute atomic E-state index is 11.1. The number of aryl methyl sites for hydroxylation is 1. The average Bonchev–Trinajstić information content (AvgIpc) is 3.25. The number of hydrogen-bond donors (Lipinski definition) is 1.